The summed E-state index contributed by atoms with van der Waals surface area (Å²) in [5.41, 5.74) is 1.43. The Morgan fingerprint density at radius 3 is 2.78 bits per heavy atom. The Morgan fingerprint density at radius 1 is 1.37 bits per heavy atom. The van der Waals surface area contributed by atoms with Crippen molar-refractivity contribution in [1.29, 1.82) is 0 Å². The number of nitrogens with zero attached hydrogens (tertiary/aromatic N) is 1. The SMILES string of the molecule is CCCS(=O)(=O)NCC(C)NCc1nc(-c2ccc(O)c(OC)c2)oc1C. The van der Waals surface area contributed by atoms with Crippen molar-refractivity contribution in [3.05, 3.63) is 29.7 Å². The highest BCUT2D eigenvalue weighted by molar-refractivity contribution is 7.89. The number of phenolic OH excluding ortho intramolecular Hbond substituents is 1. The van der Waals surface area contributed by atoms with E-state index < -0.39 is 10.0 Å². The number of phenols is 1. The van der Waals surface area contributed by atoms with Gasteiger partial charge in [-0.2, -0.15) is 0 Å². The Hall–Kier alpha value is -2.10. The fraction of sp³-hybridized carbons (Fsp3) is 0.500. The zero-order valence-corrected chi connectivity index (χ0v) is 16.9. The van der Waals surface area contributed by atoms with Gasteiger partial charge in [0.2, 0.25) is 15.9 Å². The summed E-state index contributed by atoms with van der Waals surface area (Å²) in [4.78, 5) is 4.49. The Bertz CT molecular complexity index is 864. The molecule has 0 spiro atoms. The van der Waals surface area contributed by atoms with E-state index in [9.17, 15) is 13.5 Å². The van der Waals surface area contributed by atoms with E-state index in [0.29, 0.717) is 42.5 Å². The number of rotatable bonds is 10. The number of sulfonamides is 1. The van der Waals surface area contributed by atoms with Gasteiger partial charge in [-0.15, -0.1) is 0 Å². The lowest BCUT2D eigenvalue weighted by molar-refractivity contribution is 0.373. The number of methoxy groups -OCH3 is 1. The molecule has 9 heteroatoms. The first kappa shape index (κ1) is 21.2. The third-order valence-corrected chi connectivity index (χ3v) is 5.57. The van der Waals surface area contributed by atoms with Crippen molar-refractivity contribution < 1.29 is 22.7 Å². The van der Waals surface area contributed by atoms with E-state index in [1.54, 1.807) is 12.1 Å². The molecule has 0 saturated heterocycles. The predicted molar refractivity (Wildman–Crippen MR) is 103 cm³/mol. The number of aryl methyl sites for hydroxylation is 1. The quantitative estimate of drug-likeness (QED) is 0.563. The van der Waals surface area contributed by atoms with Gasteiger partial charge in [0, 0.05) is 24.7 Å². The molecule has 0 fully saturated rings. The molecule has 0 bridgehead atoms. The van der Waals surface area contributed by atoms with Crippen LogP contribution in [0, 0.1) is 6.92 Å². The van der Waals surface area contributed by atoms with Crippen molar-refractivity contribution in [3.8, 4) is 23.0 Å². The Balaban J connectivity index is 1.99. The zero-order valence-electron chi connectivity index (χ0n) is 16.1. The average Bonchev–Trinajstić information content (AvgIpc) is 2.99. The van der Waals surface area contributed by atoms with E-state index in [1.807, 2.05) is 20.8 Å². The minimum Gasteiger partial charge on any atom is -0.504 e. The first-order valence-electron chi connectivity index (χ1n) is 8.80. The molecule has 0 radical (unpaired) electrons. The van der Waals surface area contributed by atoms with Crippen molar-refractivity contribution in [2.75, 3.05) is 19.4 Å². The summed E-state index contributed by atoms with van der Waals surface area (Å²) in [6.07, 6.45) is 0.583. The maximum Gasteiger partial charge on any atom is 0.226 e. The summed E-state index contributed by atoms with van der Waals surface area (Å²) in [5, 5.41) is 12.9. The second-order valence-corrected chi connectivity index (χ2v) is 8.28. The van der Waals surface area contributed by atoms with Gasteiger partial charge in [0.25, 0.3) is 0 Å². The molecule has 1 aromatic heterocycles. The normalized spacial score (nSPS) is 12.9. The minimum atomic E-state index is -3.22. The summed E-state index contributed by atoms with van der Waals surface area (Å²) >= 11 is 0. The third-order valence-electron chi connectivity index (χ3n) is 4.02. The minimum absolute atomic E-state index is 0.0470. The maximum absolute atomic E-state index is 11.7. The number of aromatic nitrogens is 1. The number of hydrogen-bond acceptors (Lipinski definition) is 7. The lowest BCUT2D eigenvalue weighted by atomic mass is 10.2. The van der Waals surface area contributed by atoms with Crippen LogP contribution in [0.3, 0.4) is 0 Å². The van der Waals surface area contributed by atoms with E-state index in [4.69, 9.17) is 9.15 Å². The average molecular weight is 397 g/mol. The van der Waals surface area contributed by atoms with Crippen molar-refractivity contribution in [2.45, 2.75) is 39.8 Å². The van der Waals surface area contributed by atoms with Crippen LogP contribution in [-0.4, -0.2) is 44.0 Å². The molecule has 1 atom stereocenters. The zero-order chi connectivity index (χ0) is 20.0. The molecule has 0 aliphatic rings. The van der Waals surface area contributed by atoms with Crippen LogP contribution in [0.5, 0.6) is 11.5 Å². The van der Waals surface area contributed by atoms with Gasteiger partial charge in [0.05, 0.1) is 18.6 Å². The number of oxazole rings is 1. The van der Waals surface area contributed by atoms with Crippen LogP contribution in [0.2, 0.25) is 0 Å². The maximum atomic E-state index is 11.7. The molecular formula is C18H27N3O5S. The second-order valence-electron chi connectivity index (χ2n) is 6.36. The van der Waals surface area contributed by atoms with Gasteiger partial charge in [-0.3, -0.25) is 0 Å². The number of ether oxygens (including phenoxy) is 1. The summed E-state index contributed by atoms with van der Waals surface area (Å²) in [7, 11) is -1.74. The monoisotopic (exact) mass is 397 g/mol. The van der Waals surface area contributed by atoms with Gasteiger partial charge in [0.15, 0.2) is 11.5 Å². The molecule has 0 aliphatic heterocycles. The van der Waals surface area contributed by atoms with Crippen LogP contribution in [-0.2, 0) is 16.6 Å². The van der Waals surface area contributed by atoms with Gasteiger partial charge in [0.1, 0.15) is 5.76 Å². The topological polar surface area (TPSA) is 114 Å². The van der Waals surface area contributed by atoms with Crippen molar-refractivity contribution in [1.82, 2.24) is 15.0 Å². The number of aromatic hydroxyl groups is 1. The van der Waals surface area contributed by atoms with Crippen LogP contribution in [0.4, 0.5) is 0 Å². The molecule has 1 unspecified atom stereocenters. The second kappa shape index (κ2) is 9.20. The van der Waals surface area contributed by atoms with Gasteiger partial charge in [-0.25, -0.2) is 18.1 Å². The summed E-state index contributed by atoms with van der Waals surface area (Å²) < 4.78 is 36.8. The smallest absolute Gasteiger partial charge is 0.226 e. The molecule has 0 aliphatic carbocycles. The fourth-order valence-corrected chi connectivity index (χ4v) is 3.65. The molecule has 3 N–H and O–H groups in total. The van der Waals surface area contributed by atoms with Crippen molar-refractivity contribution in [2.24, 2.45) is 0 Å². The van der Waals surface area contributed by atoms with Crippen LogP contribution in [0.1, 0.15) is 31.7 Å². The van der Waals surface area contributed by atoms with E-state index in [1.165, 1.54) is 13.2 Å². The lowest BCUT2D eigenvalue weighted by Crippen LogP contribution is -2.39. The van der Waals surface area contributed by atoms with E-state index in [2.05, 4.69) is 15.0 Å². The Kier molecular flexibility index (Phi) is 7.23. The first-order valence-corrected chi connectivity index (χ1v) is 10.4. The number of hydrogen-bond donors (Lipinski definition) is 3. The Labute approximate surface area is 160 Å². The first-order chi connectivity index (χ1) is 12.8. The lowest BCUT2D eigenvalue weighted by Gasteiger charge is -2.14. The molecule has 1 heterocycles. The third kappa shape index (κ3) is 5.95. The molecule has 2 aromatic rings. The Morgan fingerprint density at radius 2 is 2.11 bits per heavy atom. The predicted octanol–water partition coefficient (Wildman–Crippen LogP) is 2.17. The molecule has 0 amide bonds. The summed E-state index contributed by atoms with van der Waals surface area (Å²) in [5.74, 6) is 1.62. The van der Waals surface area contributed by atoms with Crippen LogP contribution >= 0.6 is 0 Å². The van der Waals surface area contributed by atoms with Gasteiger partial charge >= 0.3 is 0 Å². The van der Waals surface area contributed by atoms with Crippen molar-refractivity contribution >= 4 is 10.0 Å². The number of nitrogens with one attached hydrogen (secondary N) is 2. The highest BCUT2D eigenvalue weighted by Crippen LogP contribution is 2.31. The molecule has 8 nitrogen and oxygen atoms in total. The molecule has 0 saturated carbocycles. The van der Waals surface area contributed by atoms with E-state index >= 15 is 0 Å². The highest BCUT2D eigenvalue weighted by Gasteiger charge is 2.15. The molecule has 2 rings (SSSR count). The summed E-state index contributed by atoms with van der Waals surface area (Å²) in [6, 6.07) is 4.81. The van der Waals surface area contributed by atoms with Crippen molar-refractivity contribution in [3.63, 3.8) is 0 Å². The largest absolute Gasteiger partial charge is 0.504 e. The van der Waals surface area contributed by atoms with Crippen LogP contribution in [0.25, 0.3) is 11.5 Å². The molecule has 27 heavy (non-hydrogen) atoms. The fourth-order valence-electron chi connectivity index (χ4n) is 2.46. The standard InChI is InChI=1S/C18H27N3O5S/c1-5-8-27(23,24)20-10-12(2)19-11-15-13(3)26-18(21-15)14-6-7-16(22)17(9-14)25-4/h6-7,9,12,19-20,22H,5,8,10-11H2,1-4H3. The molecule has 1 aromatic carbocycles. The van der Waals surface area contributed by atoms with Crippen LogP contribution in [0.15, 0.2) is 22.6 Å². The van der Waals surface area contributed by atoms with Gasteiger partial charge < -0.3 is 19.6 Å². The number of benzene rings is 1. The van der Waals surface area contributed by atoms with Gasteiger partial charge in [-0.05, 0) is 38.5 Å². The highest BCUT2D eigenvalue weighted by atomic mass is 32.2. The van der Waals surface area contributed by atoms with E-state index in [0.717, 1.165) is 5.69 Å². The van der Waals surface area contributed by atoms with E-state index in [-0.39, 0.29) is 17.5 Å². The summed E-state index contributed by atoms with van der Waals surface area (Å²) in [6.45, 7) is 6.30. The molecular weight excluding hydrogens is 370 g/mol. The van der Waals surface area contributed by atoms with Crippen LogP contribution < -0.4 is 14.8 Å². The van der Waals surface area contributed by atoms with Gasteiger partial charge in [-0.1, -0.05) is 6.92 Å². The molecule has 150 valence electrons.